The van der Waals surface area contributed by atoms with Gasteiger partial charge in [-0.1, -0.05) is 18.2 Å². The van der Waals surface area contributed by atoms with Gasteiger partial charge >= 0.3 is 0 Å². The number of rotatable bonds is 6. The highest BCUT2D eigenvalue weighted by Crippen LogP contribution is 2.17. The summed E-state index contributed by atoms with van der Waals surface area (Å²) < 4.78 is 18.7. The molecule has 1 unspecified atom stereocenters. The Morgan fingerprint density at radius 3 is 2.74 bits per heavy atom. The van der Waals surface area contributed by atoms with Gasteiger partial charge in [0.05, 0.1) is 18.8 Å². The molecule has 0 saturated carbocycles. The van der Waals surface area contributed by atoms with E-state index in [1.54, 1.807) is 6.20 Å². The Morgan fingerprint density at radius 1 is 1.26 bits per heavy atom. The predicted octanol–water partition coefficient (Wildman–Crippen LogP) is 2.19. The van der Waals surface area contributed by atoms with Gasteiger partial charge in [-0.15, -0.1) is 0 Å². The molecule has 1 aromatic heterocycles. The number of hydrazine groups is 1. The van der Waals surface area contributed by atoms with Crippen molar-refractivity contribution in [2.24, 2.45) is 5.84 Å². The van der Waals surface area contributed by atoms with Crippen LogP contribution in [-0.4, -0.2) is 11.6 Å². The fourth-order valence-corrected chi connectivity index (χ4v) is 1.78. The highest BCUT2D eigenvalue weighted by molar-refractivity contribution is 5.21. The molecule has 100 valence electrons. The fourth-order valence-electron chi connectivity index (χ4n) is 1.78. The number of hydrogen-bond acceptors (Lipinski definition) is 4. The van der Waals surface area contributed by atoms with Crippen LogP contribution in [0, 0.1) is 5.82 Å². The fraction of sp³-hybridized carbons (Fsp3) is 0.214. The molecule has 0 radical (unpaired) electrons. The van der Waals surface area contributed by atoms with E-state index in [4.69, 9.17) is 10.6 Å². The van der Waals surface area contributed by atoms with Crippen LogP contribution in [0.4, 0.5) is 4.39 Å². The molecule has 1 heterocycles. The topological polar surface area (TPSA) is 60.2 Å². The Morgan fingerprint density at radius 2 is 2.05 bits per heavy atom. The van der Waals surface area contributed by atoms with Crippen LogP contribution in [0.5, 0.6) is 5.75 Å². The Kier molecular flexibility index (Phi) is 4.83. The maximum atomic E-state index is 13.1. The summed E-state index contributed by atoms with van der Waals surface area (Å²) in [5.74, 6) is 5.91. The first kappa shape index (κ1) is 13.5. The molecule has 0 bridgehead atoms. The Hall–Kier alpha value is -1.98. The second-order valence-corrected chi connectivity index (χ2v) is 4.11. The van der Waals surface area contributed by atoms with Gasteiger partial charge in [0, 0.05) is 12.6 Å². The highest BCUT2D eigenvalue weighted by atomic mass is 19.1. The zero-order valence-electron chi connectivity index (χ0n) is 10.4. The first-order chi connectivity index (χ1) is 9.29. The molecule has 1 atom stereocenters. The molecule has 0 saturated heterocycles. The van der Waals surface area contributed by atoms with Crippen LogP contribution >= 0.6 is 0 Å². The van der Waals surface area contributed by atoms with E-state index in [-0.39, 0.29) is 11.9 Å². The number of hydrogen-bond donors (Lipinski definition) is 2. The standard InChI is InChI=1S/C14H16FN3O/c15-12-8-11(9-17-10-12)14(18-16)6-7-19-13-4-2-1-3-5-13/h1-5,8-10,14,18H,6-7,16H2. The second kappa shape index (κ2) is 6.82. The van der Waals surface area contributed by atoms with Crippen molar-refractivity contribution in [3.05, 3.63) is 60.2 Å². The van der Waals surface area contributed by atoms with Crippen molar-refractivity contribution in [3.63, 3.8) is 0 Å². The van der Waals surface area contributed by atoms with Crippen molar-refractivity contribution < 1.29 is 9.13 Å². The van der Waals surface area contributed by atoms with Crippen LogP contribution in [0.2, 0.25) is 0 Å². The minimum Gasteiger partial charge on any atom is -0.494 e. The van der Waals surface area contributed by atoms with Gasteiger partial charge in [-0.2, -0.15) is 0 Å². The van der Waals surface area contributed by atoms with E-state index in [9.17, 15) is 4.39 Å². The number of nitrogens with two attached hydrogens (primary N) is 1. The number of halogens is 1. The molecule has 0 aliphatic heterocycles. The lowest BCUT2D eigenvalue weighted by atomic mass is 10.1. The van der Waals surface area contributed by atoms with E-state index in [1.807, 2.05) is 30.3 Å². The highest BCUT2D eigenvalue weighted by Gasteiger charge is 2.11. The van der Waals surface area contributed by atoms with Crippen molar-refractivity contribution >= 4 is 0 Å². The van der Waals surface area contributed by atoms with Crippen molar-refractivity contribution in [1.82, 2.24) is 10.4 Å². The molecular weight excluding hydrogens is 245 g/mol. The van der Waals surface area contributed by atoms with Crippen LogP contribution in [0.15, 0.2) is 48.8 Å². The maximum absolute atomic E-state index is 13.1. The van der Waals surface area contributed by atoms with E-state index in [2.05, 4.69) is 10.4 Å². The van der Waals surface area contributed by atoms with Gasteiger partial charge in [0.15, 0.2) is 0 Å². The van der Waals surface area contributed by atoms with E-state index in [0.29, 0.717) is 18.6 Å². The van der Waals surface area contributed by atoms with Crippen LogP contribution in [-0.2, 0) is 0 Å². The Balaban J connectivity index is 1.89. The zero-order chi connectivity index (χ0) is 13.5. The molecule has 0 amide bonds. The minimum absolute atomic E-state index is 0.188. The van der Waals surface area contributed by atoms with Gasteiger partial charge in [0.2, 0.25) is 0 Å². The number of para-hydroxylation sites is 1. The predicted molar refractivity (Wildman–Crippen MR) is 70.8 cm³/mol. The van der Waals surface area contributed by atoms with Gasteiger partial charge in [-0.25, -0.2) is 4.39 Å². The molecule has 3 N–H and O–H groups in total. The summed E-state index contributed by atoms with van der Waals surface area (Å²) in [6, 6.07) is 10.7. The third-order valence-corrected chi connectivity index (χ3v) is 2.75. The average molecular weight is 261 g/mol. The molecule has 0 spiro atoms. The van der Waals surface area contributed by atoms with Crippen molar-refractivity contribution in [2.75, 3.05) is 6.61 Å². The van der Waals surface area contributed by atoms with E-state index < -0.39 is 0 Å². The molecule has 2 rings (SSSR count). The summed E-state index contributed by atoms with van der Waals surface area (Å²) in [4.78, 5) is 3.81. The first-order valence-corrected chi connectivity index (χ1v) is 6.04. The molecule has 0 aliphatic carbocycles. The van der Waals surface area contributed by atoms with E-state index in [0.717, 1.165) is 11.9 Å². The minimum atomic E-state index is -0.373. The van der Waals surface area contributed by atoms with Crippen molar-refractivity contribution in [3.8, 4) is 5.75 Å². The zero-order valence-corrected chi connectivity index (χ0v) is 10.4. The Bertz CT molecular complexity index is 507. The summed E-state index contributed by atoms with van der Waals surface area (Å²) in [7, 11) is 0. The molecule has 2 aromatic rings. The second-order valence-electron chi connectivity index (χ2n) is 4.11. The summed E-state index contributed by atoms with van der Waals surface area (Å²) in [6.45, 7) is 0.482. The first-order valence-electron chi connectivity index (χ1n) is 6.04. The third kappa shape index (κ3) is 4.01. The number of aromatic nitrogens is 1. The molecule has 19 heavy (non-hydrogen) atoms. The smallest absolute Gasteiger partial charge is 0.141 e. The van der Waals surface area contributed by atoms with Gasteiger partial charge in [-0.05, 0) is 23.8 Å². The van der Waals surface area contributed by atoms with Gasteiger partial charge < -0.3 is 4.74 Å². The normalized spacial score (nSPS) is 12.1. The van der Waals surface area contributed by atoms with Gasteiger partial charge in [0.1, 0.15) is 11.6 Å². The quantitative estimate of drug-likeness (QED) is 0.618. The molecular formula is C14H16FN3O. The van der Waals surface area contributed by atoms with Crippen molar-refractivity contribution in [1.29, 1.82) is 0 Å². The SMILES string of the molecule is NNC(CCOc1ccccc1)c1cncc(F)c1. The monoisotopic (exact) mass is 261 g/mol. The number of nitrogens with zero attached hydrogens (tertiary/aromatic N) is 1. The summed E-state index contributed by atoms with van der Waals surface area (Å²) in [5, 5.41) is 0. The third-order valence-electron chi connectivity index (χ3n) is 2.75. The average Bonchev–Trinajstić information content (AvgIpc) is 2.45. The Labute approximate surface area is 111 Å². The van der Waals surface area contributed by atoms with Crippen molar-refractivity contribution in [2.45, 2.75) is 12.5 Å². The van der Waals surface area contributed by atoms with Crippen LogP contribution in [0.1, 0.15) is 18.0 Å². The number of ether oxygens (including phenoxy) is 1. The van der Waals surface area contributed by atoms with E-state index in [1.165, 1.54) is 6.07 Å². The molecule has 1 aromatic carbocycles. The number of pyridine rings is 1. The molecule has 0 aliphatic rings. The number of benzene rings is 1. The lowest BCUT2D eigenvalue weighted by molar-refractivity contribution is 0.287. The lowest BCUT2D eigenvalue weighted by Crippen LogP contribution is -2.29. The van der Waals surface area contributed by atoms with Crippen LogP contribution in [0.25, 0.3) is 0 Å². The summed E-state index contributed by atoms with van der Waals surface area (Å²) >= 11 is 0. The maximum Gasteiger partial charge on any atom is 0.141 e. The van der Waals surface area contributed by atoms with Gasteiger partial charge in [0.25, 0.3) is 0 Å². The van der Waals surface area contributed by atoms with Crippen LogP contribution in [0.3, 0.4) is 0 Å². The summed E-state index contributed by atoms with van der Waals surface area (Å²) in [5.41, 5.74) is 3.35. The van der Waals surface area contributed by atoms with E-state index >= 15 is 0 Å². The number of nitrogens with one attached hydrogen (secondary N) is 1. The summed E-state index contributed by atoms with van der Waals surface area (Å²) in [6.07, 6.45) is 3.38. The molecule has 5 heteroatoms. The van der Waals surface area contributed by atoms with Gasteiger partial charge in [-0.3, -0.25) is 16.3 Å². The molecule has 0 fully saturated rings. The lowest BCUT2D eigenvalue weighted by Gasteiger charge is -2.16. The van der Waals surface area contributed by atoms with Crippen LogP contribution < -0.4 is 16.0 Å². The molecule has 4 nitrogen and oxygen atoms in total. The largest absolute Gasteiger partial charge is 0.494 e.